The molecule has 114 valence electrons. The maximum atomic E-state index is 13.1. The molecule has 0 heterocycles. The van der Waals surface area contributed by atoms with E-state index in [1.54, 1.807) is 0 Å². The molecule has 0 bridgehead atoms. The van der Waals surface area contributed by atoms with Crippen molar-refractivity contribution in [3.8, 4) is 5.75 Å². The van der Waals surface area contributed by atoms with E-state index in [4.69, 9.17) is 0 Å². The number of carbonyl (C=O) groups excluding carboxylic acids is 2. The monoisotopic (exact) mass is 308 g/mol. The fourth-order valence-corrected chi connectivity index (χ4v) is 1.91. The fourth-order valence-electron chi connectivity index (χ4n) is 1.91. The number of Topliss-reactive ketones (excluding diaryl/α,β-unsaturated/α-hetero) is 2. The van der Waals surface area contributed by atoms with Crippen LogP contribution in [0.25, 0.3) is 0 Å². The highest BCUT2D eigenvalue weighted by Crippen LogP contribution is 2.22. The minimum Gasteiger partial charge on any atom is -0.435 e. The molecule has 0 saturated heterocycles. The topological polar surface area (TPSA) is 43.4 Å². The Hall–Kier alpha value is -2.63. The summed E-state index contributed by atoms with van der Waals surface area (Å²) in [5.74, 6) is -2.43. The Morgan fingerprint density at radius 3 is 2.18 bits per heavy atom. The summed E-state index contributed by atoms with van der Waals surface area (Å²) < 4.78 is 41.7. The molecule has 2 aromatic rings. The Labute approximate surface area is 124 Å². The van der Waals surface area contributed by atoms with Crippen molar-refractivity contribution in [1.82, 2.24) is 0 Å². The predicted molar refractivity (Wildman–Crippen MR) is 72.9 cm³/mol. The van der Waals surface area contributed by atoms with Gasteiger partial charge in [-0.15, -0.1) is 0 Å². The molecule has 0 saturated carbocycles. The molecule has 0 amide bonds. The Bertz CT molecular complexity index is 726. The van der Waals surface area contributed by atoms with Gasteiger partial charge in [0.25, 0.3) is 0 Å². The minimum absolute atomic E-state index is 0.0216. The van der Waals surface area contributed by atoms with Crippen molar-refractivity contribution in [3.63, 3.8) is 0 Å². The number of rotatable bonds is 5. The van der Waals surface area contributed by atoms with Gasteiger partial charge in [0.05, 0.1) is 0 Å². The third-order valence-corrected chi connectivity index (χ3v) is 2.95. The number of benzene rings is 2. The molecule has 22 heavy (non-hydrogen) atoms. The van der Waals surface area contributed by atoms with Gasteiger partial charge in [0.2, 0.25) is 11.6 Å². The van der Waals surface area contributed by atoms with E-state index in [0.717, 1.165) is 12.1 Å². The highest BCUT2D eigenvalue weighted by atomic mass is 19.3. The Balaban J connectivity index is 2.26. The zero-order chi connectivity index (χ0) is 16.3. The van der Waals surface area contributed by atoms with Crippen LogP contribution in [0.1, 0.15) is 26.3 Å². The lowest BCUT2D eigenvalue weighted by molar-refractivity contribution is -0.0502. The van der Waals surface area contributed by atoms with E-state index < -0.39 is 24.0 Å². The molecule has 3 nitrogen and oxygen atoms in total. The van der Waals surface area contributed by atoms with Crippen molar-refractivity contribution < 1.29 is 27.5 Å². The van der Waals surface area contributed by atoms with Gasteiger partial charge in [-0.1, -0.05) is 12.1 Å². The first-order valence-electron chi connectivity index (χ1n) is 6.28. The minimum atomic E-state index is -2.98. The van der Waals surface area contributed by atoms with E-state index in [9.17, 15) is 22.8 Å². The van der Waals surface area contributed by atoms with Gasteiger partial charge in [-0.25, -0.2) is 4.39 Å². The van der Waals surface area contributed by atoms with E-state index in [0.29, 0.717) is 0 Å². The number of ether oxygens (including phenoxy) is 1. The van der Waals surface area contributed by atoms with Crippen LogP contribution in [0, 0.1) is 12.7 Å². The van der Waals surface area contributed by atoms with Crippen LogP contribution in [-0.2, 0) is 0 Å². The molecule has 2 rings (SSSR count). The third-order valence-electron chi connectivity index (χ3n) is 2.95. The van der Waals surface area contributed by atoms with Crippen LogP contribution in [0.15, 0.2) is 42.5 Å². The van der Waals surface area contributed by atoms with Gasteiger partial charge in [0.1, 0.15) is 11.6 Å². The van der Waals surface area contributed by atoms with Gasteiger partial charge in [0.15, 0.2) is 0 Å². The normalized spacial score (nSPS) is 10.6. The standard InChI is InChI=1S/C16H11F3O3/c1-9-7-11(5-6-13(9)22-16(18)19)15(21)14(20)10-3-2-4-12(17)8-10/h2-8,16H,1H3. The molecule has 0 aromatic heterocycles. The second-order valence-corrected chi connectivity index (χ2v) is 4.53. The van der Waals surface area contributed by atoms with E-state index in [-0.39, 0.29) is 22.4 Å². The van der Waals surface area contributed by atoms with Gasteiger partial charge < -0.3 is 4.74 Å². The highest BCUT2D eigenvalue weighted by molar-refractivity contribution is 6.49. The van der Waals surface area contributed by atoms with Gasteiger partial charge >= 0.3 is 6.61 Å². The summed E-state index contributed by atoms with van der Waals surface area (Å²) in [5, 5.41) is 0. The number of halogens is 3. The first-order valence-corrected chi connectivity index (χ1v) is 6.28. The average molecular weight is 308 g/mol. The summed E-state index contributed by atoms with van der Waals surface area (Å²) in [6, 6.07) is 8.43. The van der Waals surface area contributed by atoms with Crippen molar-refractivity contribution in [1.29, 1.82) is 0 Å². The summed E-state index contributed by atoms with van der Waals surface area (Å²) >= 11 is 0. The van der Waals surface area contributed by atoms with Gasteiger partial charge in [-0.05, 0) is 42.8 Å². The van der Waals surface area contributed by atoms with Gasteiger partial charge in [-0.3, -0.25) is 9.59 Å². The molecule has 6 heteroatoms. The zero-order valence-corrected chi connectivity index (χ0v) is 11.5. The first kappa shape index (κ1) is 15.8. The average Bonchev–Trinajstić information content (AvgIpc) is 2.47. The van der Waals surface area contributed by atoms with Crippen molar-refractivity contribution in [2.75, 3.05) is 0 Å². The maximum absolute atomic E-state index is 13.1. The lowest BCUT2D eigenvalue weighted by Crippen LogP contribution is -2.15. The molecule has 0 radical (unpaired) electrons. The summed E-state index contributed by atoms with van der Waals surface area (Å²) in [5.41, 5.74) is 0.238. The Kier molecular flexibility index (Phi) is 4.60. The van der Waals surface area contributed by atoms with Crippen molar-refractivity contribution >= 4 is 11.6 Å². The van der Waals surface area contributed by atoms with Gasteiger partial charge in [0, 0.05) is 11.1 Å². The Morgan fingerprint density at radius 1 is 1.00 bits per heavy atom. The summed E-state index contributed by atoms with van der Waals surface area (Å²) in [7, 11) is 0. The Morgan fingerprint density at radius 2 is 1.64 bits per heavy atom. The van der Waals surface area contributed by atoms with Gasteiger partial charge in [-0.2, -0.15) is 8.78 Å². The summed E-state index contributed by atoms with van der Waals surface area (Å²) in [6.07, 6.45) is 0. The number of hydrogen-bond acceptors (Lipinski definition) is 3. The highest BCUT2D eigenvalue weighted by Gasteiger charge is 2.20. The lowest BCUT2D eigenvalue weighted by atomic mass is 10.00. The molecule has 0 fully saturated rings. The predicted octanol–water partition coefficient (Wildman–Crippen LogP) is 3.80. The van der Waals surface area contributed by atoms with E-state index in [2.05, 4.69) is 4.74 Å². The molecule has 2 aromatic carbocycles. The molecule has 0 spiro atoms. The molecule has 0 aliphatic rings. The third kappa shape index (κ3) is 3.52. The van der Waals surface area contributed by atoms with Crippen molar-refractivity contribution in [2.24, 2.45) is 0 Å². The number of ketones is 2. The molecule has 0 atom stereocenters. The van der Waals surface area contributed by atoms with Crippen LogP contribution in [0.5, 0.6) is 5.75 Å². The number of alkyl halides is 2. The number of aryl methyl sites for hydroxylation is 1. The van der Waals surface area contributed by atoms with Crippen LogP contribution >= 0.6 is 0 Å². The molecule has 0 N–H and O–H groups in total. The van der Waals surface area contributed by atoms with E-state index >= 15 is 0 Å². The molecular weight excluding hydrogens is 297 g/mol. The smallest absolute Gasteiger partial charge is 0.387 e. The van der Waals surface area contributed by atoms with E-state index in [1.807, 2.05) is 0 Å². The van der Waals surface area contributed by atoms with Crippen LogP contribution in [-0.4, -0.2) is 18.2 Å². The summed E-state index contributed by atoms with van der Waals surface area (Å²) in [4.78, 5) is 24.1. The number of hydrogen-bond donors (Lipinski definition) is 0. The molecule has 0 unspecified atom stereocenters. The molecule has 0 aliphatic heterocycles. The van der Waals surface area contributed by atoms with Crippen LogP contribution in [0.3, 0.4) is 0 Å². The first-order chi connectivity index (χ1) is 10.4. The summed E-state index contributed by atoms with van der Waals surface area (Å²) in [6.45, 7) is -1.50. The van der Waals surface area contributed by atoms with Crippen molar-refractivity contribution in [3.05, 3.63) is 65.0 Å². The second-order valence-electron chi connectivity index (χ2n) is 4.53. The molecular formula is C16H11F3O3. The largest absolute Gasteiger partial charge is 0.435 e. The van der Waals surface area contributed by atoms with Crippen molar-refractivity contribution in [2.45, 2.75) is 13.5 Å². The zero-order valence-electron chi connectivity index (χ0n) is 11.5. The quantitative estimate of drug-likeness (QED) is 0.623. The SMILES string of the molecule is Cc1cc(C(=O)C(=O)c2cccc(F)c2)ccc1OC(F)F. The van der Waals surface area contributed by atoms with Crippen LogP contribution in [0.2, 0.25) is 0 Å². The maximum Gasteiger partial charge on any atom is 0.387 e. The van der Waals surface area contributed by atoms with Crippen LogP contribution in [0.4, 0.5) is 13.2 Å². The number of carbonyl (C=O) groups is 2. The van der Waals surface area contributed by atoms with E-state index in [1.165, 1.54) is 37.3 Å². The lowest BCUT2D eigenvalue weighted by Gasteiger charge is -2.09. The van der Waals surface area contributed by atoms with Crippen LogP contribution < -0.4 is 4.74 Å². The second kappa shape index (κ2) is 6.43. The molecule has 0 aliphatic carbocycles. The fraction of sp³-hybridized carbons (Fsp3) is 0.125.